The summed E-state index contributed by atoms with van der Waals surface area (Å²) in [6.07, 6.45) is 1.38. The van der Waals surface area contributed by atoms with Crippen molar-refractivity contribution in [1.29, 1.82) is 0 Å². The third kappa shape index (κ3) is 3.22. The van der Waals surface area contributed by atoms with E-state index in [0.717, 1.165) is 11.7 Å². The summed E-state index contributed by atoms with van der Waals surface area (Å²) in [5, 5.41) is 0. The van der Waals surface area contributed by atoms with Gasteiger partial charge in [0.15, 0.2) is 0 Å². The summed E-state index contributed by atoms with van der Waals surface area (Å²) in [5.41, 5.74) is 0.980. The Bertz CT molecular complexity index is 908. The standard InChI is InChI=1S/C16H20N4O4S2/c21-16(19-7-9-24-10-8-19)12-3-2-6-20(11-12)26(22,23)14-5-1-4-13-15(14)18-25-17-13/h1,4-5,12H,2-3,6-11H2. The van der Waals surface area contributed by atoms with Crippen LogP contribution in [0.2, 0.25) is 0 Å². The molecule has 10 heteroatoms. The predicted molar refractivity (Wildman–Crippen MR) is 96.3 cm³/mol. The number of nitrogens with zero attached hydrogens (tertiary/aromatic N) is 4. The van der Waals surface area contributed by atoms with Gasteiger partial charge >= 0.3 is 0 Å². The van der Waals surface area contributed by atoms with Crippen molar-refractivity contribution in [2.45, 2.75) is 17.7 Å². The molecular weight excluding hydrogens is 376 g/mol. The molecule has 4 rings (SSSR count). The van der Waals surface area contributed by atoms with Crippen molar-refractivity contribution in [3.63, 3.8) is 0 Å². The van der Waals surface area contributed by atoms with Crippen LogP contribution in [-0.2, 0) is 19.6 Å². The number of benzene rings is 1. The second kappa shape index (κ2) is 7.18. The van der Waals surface area contributed by atoms with Crippen LogP contribution in [-0.4, -0.2) is 71.7 Å². The van der Waals surface area contributed by atoms with Gasteiger partial charge in [0, 0.05) is 26.2 Å². The van der Waals surface area contributed by atoms with E-state index in [0.29, 0.717) is 56.7 Å². The fourth-order valence-corrected chi connectivity index (χ4v) is 5.81. The Morgan fingerprint density at radius 3 is 2.81 bits per heavy atom. The number of ether oxygens (including phenoxy) is 1. The van der Waals surface area contributed by atoms with Gasteiger partial charge in [0.1, 0.15) is 15.9 Å². The third-order valence-electron chi connectivity index (χ3n) is 4.92. The quantitative estimate of drug-likeness (QED) is 0.767. The molecule has 1 aromatic heterocycles. The number of carbonyl (C=O) groups excluding carboxylic acids is 1. The number of carbonyl (C=O) groups is 1. The fraction of sp³-hybridized carbons (Fsp3) is 0.562. The maximum atomic E-state index is 13.2. The first kappa shape index (κ1) is 17.8. The number of amides is 1. The van der Waals surface area contributed by atoms with Gasteiger partial charge in [0.25, 0.3) is 0 Å². The highest BCUT2D eigenvalue weighted by Crippen LogP contribution is 2.28. The third-order valence-corrected chi connectivity index (χ3v) is 7.36. The molecule has 0 radical (unpaired) electrons. The average molecular weight is 396 g/mol. The predicted octanol–water partition coefficient (Wildman–Crippen LogP) is 0.951. The second-order valence-electron chi connectivity index (χ2n) is 6.53. The Hall–Kier alpha value is -1.62. The Morgan fingerprint density at radius 2 is 2.00 bits per heavy atom. The first-order chi connectivity index (χ1) is 12.6. The van der Waals surface area contributed by atoms with Crippen molar-refractivity contribution in [1.82, 2.24) is 18.0 Å². The van der Waals surface area contributed by atoms with Crippen molar-refractivity contribution in [3.8, 4) is 0 Å². The number of aromatic nitrogens is 2. The molecule has 0 bridgehead atoms. The summed E-state index contributed by atoms with van der Waals surface area (Å²) < 4.78 is 41.3. The lowest BCUT2D eigenvalue weighted by atomic mass is 9.98. The molecule has 8 nitrogen and oxygen atoms in total. The highest BCUT2D eigenvalue weighted by Gasteiger charge is 2.36. The van der Waals surface area contributed by atoms with Crippen LogP contribution >= 0.6 is 11.7 Å². The van der Waals surface area contributed by atoms with Crippen LogP contribution in [0.4, 0.5) is 0 Å². The summed E-state index contributed by atoms with van der Waals surface area (Å²) in [6.45, 7) is 2.87. The van der Waals surface area contributed by atoms with Crippen molar-refractivity contribution in [3.05, 3.63) is 18.2 Å². The summed E-state index contributed by atoms with van der Waals surface area (Å²) >= 11 is 0.998. The van der Waals surface area contributed by atoms with E-state index in [1.54, 1.807) is 23.1 Å². The molecular formula is C16H20N4O4S2. The van der Waals surface area contributed by atoms with Crippen LogP contribution < -0.4 is 0 Å². The molecule has 2 aliphatic heterocycles. The molecule has 0 N–H and O–H groups in total. The molecule has 0 aliphatic carbocycles. The maximum absolute atomic E-state index is 13.2. The lowest BCUT2D eigenvalue weighted by Gasteiger charge is -2.35. The lowest BCUT2D eigenvalue weighted by Crippen LogP contribution is -2.49. The van der Waals surface area contributed by atoms with Crippen molar-refractivity contribution >= 4 is 38.7 Å². The summed E-state index contributed by atoms with van der Waals surface area (Å²) in [5.74, 6) is -0.272. The zero-order valence-corrected chi connectivity index (χ0v) is 15.8. The molecule has 2 saturated heterocycles. The van der Waals surface area contributed by atoms with Gasteiger partial charge in [-0.25, -0.2) is 8.42 Å². The Balaban J connectivity index is 1.57. The second-order valence-corrected chi connectivity index (χ2v) is 8.96. The first-order valence-corrected chi connectivity index (χ1v) is 10.8. The minimum atomic E-state index is -3.71. The number of morpholine rings is 1. The molecule has 1 unspecified atom stereocenters. The van der Waals surface area contributed by atoms with E-state index < -0.39 is 10.0 Å². The molecule has 0 saturated carbocycles. The van der Waals surface area contributed by atoms with E-state index in [9.17, 15) is 13.2 Å². The number of hydrogen-bond acceptors (Lipinski definition) is 7. The first-order valence-electron chi connectivity index (χ1n) is 8.65. The molecule has 3 heterocycles. The number of rotatable bonds is 3. The average Bonchev–Trinajstić information content (AvgIpc) is 3.17. The maximum Gasteiger partial charge on any atom is 0.245 e. The molecule has 1 amide bonds. The highest BCUT2D eigenvalue weighted by atomic mass is 32.2. The largest absolute Gasteiger partial charge is 0.378 e. The van der Waals surface area contributed by atoms with E-state index in [-0.39, 0.29) is 23.3 Å². The molecule has 0 spiro atoms. The van der Waals surface area contributed by atoms with E-state index >= 15 is 0 Å². The van der Waals surface area contributed by atoms with Gasteiger partial charge < -0.3 is 9.64 Å². The van der Waals surface area contributed by atoms with E-state index in [1.807, 2.05) is 0 Å². The highest BCUT2D eigenvalue weighted by molar-refractivity contribution is 7.89. The van der Waals surface area contributed by atoms with Gasteiger partial charge in [0.05, 0.1) is 30.9 Å². The Labute approximate surface area is 156 Å². The fourth-order valence-electron chi connectivity index (χ4n) is 3.53. The topological polar surface area (TPSA) is 92.7 Å². The molecule has 2 aliphatic rings. The number of hydrogen-bond donors (Lipinski definition) is 0. The van der Waals surface area contributed by atoms with Crippen LogP contribution in [0.3, 0.4) is 0 Å². The number of piperidine rings is 1. The van der Waals surface area contributed by atoms with Crippen molar-refractivity contribution < 1.29 is 17.9 Å². The van der Waals surface area contributed by atoms with E-state index in [4.69, 9.17) is 4.74 Å². The number of sulfonamides is 1. The zero-order chi connectivity index (χ0) is 18.1. The van der Waals surface area contributed by atoms with Gasteiger partial charge in [-0.15, -0.1) is 0 Å². The summed E-state index contributed by atoms with van der Waals surface area (Å²) in [4.78, 5) is 14.7. The lowest BCUT2D eigenvalue weighted by molar-refractivity contribution is -0.140. The van der Waals surface area contributed by atoms with Crippen LogP contribution in [0, 0.1) is 5.92 Å². The molecule has 2 aromatic rings. The van der Waals surface area contributed by atoms with Gasteiger partial charge in [-0.05, 0) is 25.0 Å². The SMILES string of the molecule is O=C(C1CCCN(S(=O)(=O)c2cccc3nsnc23)C1)N1CCOCC1. The Morgan fingerprint density at radius 1 is 1.19 bits per heavy atom. The molecule has 1 atom stereocenters. The van der Waals surface area contributed by atoms with E-state index in [1.165, 1.54) is 4.31 Å². The summed E-state index contributed by atoms with van der Waals surface area (Å²) in [7, 11) is -3.71. The molecule has 1 aromatic carbocycles. The van der Waals surface area contributed by atoms with Gasteiger partial charge in [-0.2, -0.15) is 13.1 Å². The zero-order valence-electron chi connectivity index (χ0n) is 14.2. The van der Waals surface area contributed by atoms with Gasteiger partial charge in [0.2, 0.25) is 15.9 Å². The Kier molecular flexibility index (Phi) is 4.91. The number of fused-ring (bicyclic) bond motifs is 1. The smallest absolute Gasteiger partial charge is 0.245 e. The molecule has 140 valence electrons. The van der Waals surface area contributed by atoms with Crippen LogP contribution in [0.5, 0.6) is 0 Å². The minimum Gasteiger partial charge on any atom is -0.378 e. The van der Waals surface area contributed by atoms with Gasteiger partial charge in [-0.3, -0.25) is 4.79 Å². The normalized spacial score (nSPS) is 22.6. The van der Waals surface area contributed by atoms with Crippen molar-refractivity contribution in [2.75, 3.05) is 39.4 Å². The summed E-state index contributed by atoms with van der Waals surface area (Å²) in [6, 6.07) is 4.99. The van der Waals surface area contributed by atoms with Crippen molar-refractivity contribution in [2.24, 2.45) is 5.92 Å². The van der Waals surface area contributed by atoms with Crippen LogP contribution in [0.15, 0.2) is 23.1 Å². The van der Waals surface area contributed by atoms with Crippen LogP contribution in [0.1, 0.15) is 12.8 Å². The molecule has 2 fully saturated rings. The minimum absolute atomic E-state index is 0.0294. The van der Waals surface area contributed by atoms with Crippen LogP contribution in [0.25, 0.3) is 11.0 Å². The van der Waals surface area contributed by atoms with E-state index in [2.05, 4.69) is 8.75 Å². The van der Waals surface area contributed by atoms with Gasteiger partial charge in [-0.1, -0.05) is 6.07 Å². The molecule has 26 heavy (non-hydrogen) atoms. The monoisotopic (exact) mass is 396 g/mol.